The average molecular weight is 273 g/mol. The van der Waals surface area contributed by atoms with Crippen LogP contribution < -0.4 is 5.32 Å². The molecule has 4 heteroatoms. The second-order valence-electron chi connectivity index (χ2n) is 6.16. The summed E-state index contributed by atoms with van der Waals surface area (Å²) in [7, 11) is 1.90. The molecule has 1 saturated heterocycles. The number of pyridine rings is 1. The van der Waals surface area contributed by atoms with Crippen molar-refractivity contribution in [2.45, 2.75) is 50.7 Å². The smallest absolute Gasteiger partial charge is 0.239 e. The minimum absolute atomic E-state index is 0.0231. The fourth-order valence-corrected chi connectivity index (χ4v) is 3.62. The van der Waals surface area contributed by atoms with Gasteiger partial charge in [-0.3, -0.25) is 9.78 Å². The molecule has 1 aromatic heterocycles. The minimum atomic E-state index is 0.0231. The number of fused-ring (bicyclic) bond motifs is 1. The molecule has 20 heavy (non-hydrogen) atoms. The summed E-state index contributed by atoms with van der Waals surface area (Å²) in [5, 5.41) is 3.56. The highest BCUT2D eigenvalue weighted by Crippen LogP contribution is 2.33. The van der Waals surface area contributed by atoms with Gasteiger partial charge < -0.3 is 10.2 Å². The van der Waals surface area contributed by atoms with E-state index >= 15 is 0 Å². The molecule has 1 aromatic rings. The SMILES string of the molecule is CN(Cc1ccncc1)C(=O)C1CC2CCCCC2N1. The standard InChI is InChI=1S/C16H23N3O/c1-19(11-12-6-8-17-9-7-12)16(20)15-10-13-4-2-3-5-14(13)18-15/h6-9,13-15,18H,2-5,10-11H2,1H3. The molecule has 0 bridgehead atoms. The van der Waals surface area contributed by atoms with Crippen LogP contribution in [0.15, 0.2) is 24.5 Å². The van der Waals surface area contributed by atoms with Crippen LogP contribution in [-0.2, 0) is 11.3 Å². The first-order chi connectivity index (χ1) is 9.74. The summed E-state index contributed by atoms with van der Waals surface area (Å²) in [6.45, 7) is 0.662. The van der Waals surface area contributed by atoms with Gasteiger partial charge in [0.25, 0.3) is 0 Å². The third-order valence-electron chi connectivity index (χ3n) is 4.71. The van der Waals surface area contributed by atoms with Crippen molar-refractivity contribution in [1.29, 1.82) is 0 Å². The van der Waals surface area contributed by atoms with Crippen molar-refractivity contribution in [2.75, 3.05) is 7.05 Å². The Morgan fingerprint density at radius 3 is 2.85 bits per heavy atom. The molecule has 1 aliphatic heterocycles. The molecule has 3 rings (SSSR count). The lowest BCUT2D eigenvalue weighted by molar-refractivity contribution is -0.132. The van der Waals surface area contributed by atoms with Crippen LogP contribution in [0, 0.1) is 5.92 Å². The lowest BCUT2D eigenvalue weighted by Crippen LogP contribution is -2.43. The minimum Gasteiger partial charge on any atom is -0.340 e. The molecule has 3 atom stereocenters. The first kappa shape index (κ1) is 13.6. The van der Waals surface area contributed by atoms with Crippen molar-refractivity contribution in [3.8, 4) is 0 Å². The van der Waals surface area contributed by atoms with Crippen molar-refractivity contribution in [1.82, 2.24) is 15.2 Å². The number of hydrogen-bond acceptors (Lipinski definition) is 3. The van der Waals surface area contributed by atoms with Crippen LogP contribution in [0.2, 0.25) is 0 Å². The second-order valence-corrected chi connectivity index (χ2v) is 6.16. The molecule has 0 aromatic carbocycles. The maximum Gasteiger partial charge on any atom is 0.239 e. The number of carbonyl (C=O) groups excluding carboxylic acids is 1. The summed E-state index contributed by atoms with van der Waals surface area (Å²) in [5.41, 5.74) is 1.13. The number of nitrogens with one attached hydrogen (secondary N) is 1. The van der Waals surface area contributed by atoms with E-state index in [1.165, 1.54) is 25.7 Å². The molecule has 108 valence electrons. The number of rotatable bonds is 3. The summed E-state index contributed by atoms with van der Waals surface area (Å²) in [5.74, 6) is 0.947. The molecule has 1 N–H and O–H groups in total. The predicted molar refractivity (Wildman–Crippen MR) is 78.0 cm³/mol. The second kappa shape index (κ2) is 5.92. The molecule has 0 spiro atoms. The van der Waals surface area contributed by atoms with E-state index in [4.69, 9.17) is 0 Å². The van der Waals surface area contributed by atoms with Gasteiger partial charge in [-0.1, -0.05) is 12.8 Å². The summed E-state index contributed by atoms with van der Waals surface area (Å²) in [6.07, 6.45) is 9.73. The average Bonchev–Trinajstić information content (AvgIpc) is 2.91. The van der Waals surface area contributed by atoms with E-state index in [2.05, 4.69) is 10.3 Å². The summed E-state index contributed by atoms with van der Waals surface area (Å²) in [4.78, 5) is 18.4. The number of amides is 1. The van der Waals surface area contributed by atoms with Gasteiger partial charge in [-0.15, -0.1) is 0 Å². The van der Waals surface area contributed by atoms with Gasteiger partial charge in [-0.2, -0.15) is 0 Å². The van der Waals surface area contributed by atoms with Gasteiger partial charge in [-0.05, 0) is 42.9 Å². The first-order valence-electron chi connectivity index (χ1n) is 7.64. The van der Waals surface area contributed by atoms with Crippen molar-refractivity contribution in [2.24, 2.45) is 5.92 Å². The van der Waals surface area contributed by atoms with Crippen LogP contribution in [0.3, 0.4) is 0 Å². The van der Waals surface area contributed by atoms with E-state index in [9.17, 15) is 4.79 Å². The molecular formula is C16H23N3O. The van der Waals surface area contributed by atoms with Crippen LogP contribution in [0.25, 0.3) is 0 Å². The molecule has 4 nitrogen and oxygen atoms in total. The van der Waals surface area contributed by atoms with Gasteiger partial charge >= 0.3 is 0 Å². The third-order valence-corrected chi connectivity index (χ3v) is 4.71. The summed E-state index contributed by atoms with van der Waals surface area (Å²) in [6, 6.07) is 4.53. The van der Waals surface area contributed by atoms with Gasteiger partial charge in [0.2, 0.25) is 5.91 Å². The Morgan fingerprint density at radius 1 is 1.35 bits per heavy atom. The summed E-state index contributed by atoms with van der Waals surface area (Å²) < 4.78 is 0. The van der Waals surface area contributed by atoms with E-state index < -0.39 is 0 Å². The Labute approximate surface area is 120 Å². The molecule has 1 saturated carbocycles. The molecule has 2 aliphatic rings. The predicted octanol–water partition coefficient (Wildman–Crippen LogP) is 1.96. The van der Waals surface area contributed by atoms with Crippen LogP contribution in [-0.4, -0.2) is 34.9 Å². The normalized spacial score (nSPS) is 28.9. The molecule has 1 aliphatic carbocycles. The maximum absolute atomic E-state index is 12.5. The lowest BCUT2D eigenvalue weighted by atomic mass is 9.85. The van der Waals surface area contributed by atoms with Gasteiger partial charge in [-0.25, -0.2) is 0 Å². The Morgan fingerprint density at radius 2 is 2.10 bits per heavy atom. The largest absolute Gasteiger partial charge is 0.340 e. The number of aromatic nitrogens is 1. The quantitative estimate of drug-likeness (QED) is 0.915. The molecule has 2 fully saturated rings. The fraction of sp³-hybridized carbons (Fsp3) is 0.625. The number of hydrogen-bond donors (Lipinski definition) is 1. The molecular weight excluding hydrogens is 250 g/mol. The number of nitrogens with zero attached hydrogens (tertiary/aromatic N) is 2. The first-order valence-corrected chi connectivity index (χ1v) is 7.64. The van der Waals surface area contributed by atoms with Crippen molar-refractivity contribution < 1.29 is 4.79 Å². The topological polar surface area (TPSA) is 45.2 Å². The third kappa shape index (κ3) is 2.85. The highest BCUT2D eigenvalue weighted by molar-refractivity contribution is 5.82. The van der Waals surface area contributed by atoms with Crippen LogP contribution >= 0.6 is 0 Å². The Balaban J connectivity index is 1.58. The van der Waals surface area contributed by atoms with E-state index in [0.29, 0.717) is 18.5 Å². The van der Waals surface area contributed by atoms with E-state index in [-0.39, 0.29) is 11.9 Å². The zero-order valence-electron chi connectivity index (χ0n) is 12.1. The van der Waals surface area contributed by atoms with Gasteiger partial charge in [0.1, 0.15) is 0 Å². The van der Waals surface area contributed by atoms with Crippen molar-refractivity contribution in [3.05, 3.63) is 30.1 Å². The fourth-order valence-electron chi connectivity index (χ4n) is 3.62. The van der Waals surface area contributed by atoms with Crippen molar-refractivity contribution >= 4 is 5.91 Å². The molecule has 1 amide bonds. The molecule has 3 unspecified atom stereocenters. The Hall–Kier alpha value is -1.42. The van der Waals surface area contributed by atoms with Gasteiger partial charge in [0, 0.05) is 32.0 Å². The van der Waals surface area contributed by atoms with E-state index in [1.807, 2.05) is 24.1 Å². The molecule has 0 radical (unpaired) electrons. The van der Waals surface area contributed by atoms with Crippen molar-refractivity contribution in [3.63, 3.8) is 0 Å². The number of likely N-dealkylation sites (N-methyl/N-ethyl adjacent to an activating group) is 1. The Kier molecular flexibility index (Phi) is 4.01. The zero-order chi connectivity index (χ0) is 13.9. The van der Waals surface area contributed by atoms with Crippen LogP contribution in [0.4, 0.5) is 0 Å². The van der Waals surface area contributed by atoms with Crippen LogP contribution in [0.1, 0.15) is 37.7 Å². The number of carbonyl (C=O) groups is 1. The van der Waals surface area contributed by atoms with Gasteiger partial charge in [0.15, 0.2) is 0 Å². The van der Waals surface area contributed by atoms with Gasteiger partial charge in [0.05, 0.1) is 6.04 Å². The highest BCUT2D eigenvalue weighted by Gasteiger charge is 2.39. The lowest BCUT2D eigenvalue weighted by Gasteiger charge is -2.24. The van der Waals surface area contributed by atoms with E-state index in [0.717, 1.165) is 12.0 Å². The monoisotopic (exact) mass is 273 g/mol. The zero-order valence-corrected chi connectivity index (χ0v) is 12.1. The Bertz CT molecular complexity index is 448. The maximum atomic E-state index is 12.5. The highest BCUT2D eigenvalue weighted by atomic mass is 16.2. The van der Waals surface area contributed by atoms with Crippen LogP contribution in [0.5, 0.6) is 0 Å². The molecule has 2 heterocycles. The van der Waals surface area contributed by atoms with E-state index in [1.54, 1.807) is 12.4 Å². The summed E-state index contributed by atoms with van der Waals surface area (Å²) >= 11 is 0.